The molecule has 0 saturated carbocycles. The number of hydrogen-bond acceptors (Lipinski definition) is 3. The molecule has 2 aromatic carbocycles. The van der Waals surface area contributed by atoms with Crippen LogP contribution in [0.5, 0.6) is 0 Å². The maximum absolute atomic E-state index is 14.0. The molecule has 1 amide bonds. The number of benzene rings is 2. The molecule has 25 heavy (non-hydrogen) atoms. The molecule has 0 spiro atoms. The fraction of sp³-hybridized carbons (Fsp3) is 0.333. The molecule has 0 bridgehead atoms. The highest BCUT2D eigenvalue weighted by atomic mass is 19.4. The van der Waals surface area contributed by atoms with E-state index in [1.807, 2.05) is 6.07 Å². The molecule has 1 fully saturated rings. The SMILES string of the molecule is CC1(C)CC(=O)NN1C(c1ccc(C#N)c2ccccc12)C(F)(F)F. The number of amides is 1. The van der Waals surface area contributed by atoms with E-state index in [4.69, 9.17) is 0 Å². The van der Waals surface area contributed by atoms with Gasteiger partial charge in [-0.3, -0.25) is 10.2 Å². The first-order chi connectivity index (χ1) is 11.6. The van der Waals surface area contributed by atoms with Crippen LogP contribution in [-0.4, -0.2) is 22.6 Å². The molecule has 1 aliphatic heterocycles. The molecule has 2 aromatic rings. The monoisotopic (exact) mass is 347 g/mol. The van der Waals surface area contributed by atoms with Crippen LogP contribution >= 0.6 is 0 Å². The molecular formula is C18H16F3N3O. The van der Waals surface area contributed by atoms with Gasteiger partial charge in [0.2, 0.25) is 5.91 Å². The van der Waals surface area contributed by atoms with E-state index in [1.54, 1.807) is 38.1 Å². The number of hydrogen-bond donors (Lipinski definition) is 1. The summed E-state index contributed by atoms with van der Waals surface area (Å²) in [6.07, 6.45) is -4.63. The molecule has 3 rings (SSSR count). The van der Waals surface area contributed by atoms with E-state index < -0.39 is 23.7 Å². The van der Waals surface area contributed by atoms with Crippen LogP contribution < -0.4 is 5.43 Å². The second kappa shape index (κ2) is 5.74. The Bertz CT molecular complexity index is 883. The number of hydrazine groups is 1. The lowest BCUT2D eigenvalue weighted by Gasteiger charge is -2.38. The third-order valence-corrected chi connectivity index (χ3v) is 4.43. The Morgan fingerprint density at radius 3 is 2.36 bits per heavy atom. The van der Waals surface area contributed by atoms with Crippen molar-refractivity contribution in [2.45, 2.75) is 38.0 Å². The molecule has 0 aromatic heterocycles. The summed E-state index contributed by atoms with van der Waals surface area (Å²) in [5, 5.41) is 11.0. The van der Waals surface area contributed by atoms with Crippen LogP contribution in [0.3, 0.4) is 0 Å². The first kappa shape index (κ1) is 17.2. The van der Waals surface area contributed by atoms with E-state index in [0.29, 0.717) is 16.3 Å². The Labute approximate surface area is 142 Å². The van der Waals surface area contributed by atoms with E-state index in [2.05, 4.69) is 5.43 Å². The van der Waals surface area contributed by atoms with Crippen LogP contribution in [0.4, 0.5) is 13.2 Å². The quantitative estimate of drug-likeness (QED) is 0.898. The molecule has 1 saturated heterocycles. The lowest BCUT2D eigenvalue weighted by Crippen LogP contribution is -2.51. The summed E-state index contributed by atoms with van der Waals surface area (Å²) in [6, 6.07) is 9.20. The average Bonchev–Trinajstić information content (AvgIpc) is 2.78. The fourth-order valence-electron chi connectivity index (χ4n) is 3.34. The normalized spacial score (nSPS) is 18.8. The van der Waals surface area contributed by atoms with Gasteiger partial charge >= 0.3 is 6.18 Å². The maximum Gasteiger partial charge on any atom is 0.409 e. The zero-order valence-corrected chi connectivity index (χ0v) is 13.7. The van der Waals surface area contributed by atoms with Crippen molar-refractivity contribution in [1.29, 1.82) is 5.26 Å². The van der Waals surface area contributed by atoms with Crippen LogP contribution in [0.1, 0.15) is 37.4 Å². The Kier molecular flexibility index (Phi) is 3.96. The van der Waals surface area contributed by atoms with Crippen molar-refractivity contribution >= 4 is 16.7 Å². The van der Waals surface area contributed by atoms with Crippen LogP contribution in [0, 0.1) is 11.3 Å². The van der Waals surface area contributed by atoms with Gasteiger partial charge < -0.3 is 0 Å². The largest absolute Gasteiger partial charge is 0.409 e. The van der Waals surface area contributed by atoms with Crippen LogP contribution in [-0.2, 0) is 4.79 Å². The topological polar surface area (TPSA) is 56.1 Å². The number of nitriles is 1. The number of nitrogens with one attached hydrogen (secondary N) is 1. The van der Waals surface area contributed by atoms with Crippen LogP contribution in [0.2, 0.25) is 0 Å². The molecule has 4 nitrogen and oxygen atoms in total. The summed E-state index contributed by atoms with van der Waals surface area (Å²) in [7, 11) is 0. The minimum atomic E-state index is -4.61. The van der Waals surface area contributed by atoms with Crippen molar-refractivity contribution < 1.29 is 18.0 Å². The molecule has 1 unspecified atom stereocenters. The van der Waals surface area contributed by atoms with E-state index >= 15 is 0 Å². The predicted molar refractivity (Wildman–Crippen MR) is 86.1 cm³/mol. The smallest absolute Gasteiger partial charge is 0.287 e. The van der Waals surface area contributed by atoms with Crippen molar-refractivity contribution in [3.8, 4) is 6.07 Å². The summed E-state index contributed by atoms with van der Waals surface area (Å²) >= 11 is 0. The van der Waals surface area contributed by atoms with E-state index in [-0.39, 0.29) is 12.0 Å². The van der Waals surface area contributed by atoms with Gasteiger partial charge in [0, 0.05) is 12.0 Å². The van der Waals surface area contributed by atoms with Crippen molar-refractivity contribution in [2.24, 2.45) is 0 Å². The summed E-state index contributed by atoms with van der Waals surface area (Å²) in [5.41, 5.74) is 1.68. The molecular weight excluding hydrogens is 331 g/mol. The van der Waals surface area contributed by atoms with Gasteiger partial charge in [0.25, 0.3) is 0 Å². The zero-order chi connectivity index (χ0) is 18.4. The number of carbonyl (C=O) groups is 1. The lowest BCUT2D eigenvalue weighted by atomic mass is 9.92. The molecule has 0 aliphatic carbocycles. The highest BCUT2D eigenvalue weighted by Gasteiger charge is 2.53. The van der Waals surface area contributed by atoms with Gasteiger partial charge in [-0.25, -0.2) is 0 Å². The molecule has 1 aliphatic rings. The standard InChI is InChI=1S/C18H16F3N3O/c1-17(2)9-15(25)23-24(17)16(18(19,20)21)14-8-7-11(10-22)12-5-3-4-6-13(12)14/h3-8,16H,9H2,1-2H3,(H,23,25). The van der Waals surface area contributed by atoms with Gasteiger partial charge in [0.1, 0.15) is 0 Å². The molecule has 1 heterocycles. The fourth-order valence-corrected chi connectivity index (χ4v) is 3.34. The minimum absolute atomic E-state index is 0.0115. The van der Waals surface area contributed by atoms with Crippen LogP contribution in [0.15, 0.2) is 36.4 Å². The van der Waals surface area contributed by atoms with E-state index in [0.717, 1.165) is 5.01 Å². The first-order valence-corrected chi connectivity index (χ1v) is 7.72. The first-order valence-electron chi connectivity index (χ1n) is 7.72. The van der Waals surface area contributed by atoms with E-state index in [9.17, 15) is 23.2 Å². The third-order valence-electron chi connectivity index (χ3n) is 4.43. The van der Waals surface area contributed by atoms with Gasteiger partial charge in [0.05, 0.1) is 11.6 Å². The van der Waals surface area contributed by atoms with Crippen LogP contribution in [0.25, 0.3) is 10.8 Å². The predicted octanol–water partition coefficient (Wildman–Crippen LogP) is 3.83. The maximum atomic E-state index is 14.0. The summed E-state index contributed by atoms with van der Waals surface area (Å²) in [5.74, 6) is -0.447. The van der Waals surface area contributed by atoms with Gasteiger partial charge in [-0.1, -0.05) is 30.3 Å². The van der Waals surface area contributed by atoms with E-state index in [1.165, 1.54) is 12.1 Å². The Morgan fingerprint density at radius 2 is 1.84 bits per heavy atom. The Hall–Kier alpha value is -2.59. The highest BCUT2D eigenvalue weighted by molar-refractivity contribution is 5.91. The van der Waals surface area contributed by atoms with Crippen molar-refractivity contribution in [1.82, 2.24) is 10.4 Å². The Balaban J connectivity index is 2.25. The third kappa shape index (κ3) is 2.94. The summed E-state index contributed by atoms with van der Waals surface area (Å²) in [4.78, 5) is 11.7. The number of carbonyl (C=O) groups excluding carboxylic acids is 1. The van der Waals surface area contributed by atoms with Crippen molar-refractivity contribution in [3.05, 3.63) is 47.5 Å². The van der Waals surface area contributed by atoms with Gasteiger partial charge in [-0.05, 0) is 36.2 Å². The lowest BCUT2D eigenvalue weighted by molar-refractivity contribution is -0.203. The molecule has 1 atom stereocenters. The molecule has 0 radical (unpaired) electrons. The van der Waals surface area contributed by atoms with Gasteiger partial charge in [0.15, 0.2) is 6.04 Å². The number of rotatable bonds is 2. The molecule has 7 heteroatoms. The van der Waals surface area contributed by atoms with Crippen molar-refractivity contribution in [2.75, 3.05) is 0 Å². The average molecular weight is 347 g/mol. The number of nitrogens with zero attached hydrogens (tertiary/aromatic N) is 2. The molecule has 1 N–H and O–H groups in total. The summed E-state index contributed by atoms with van der Waals surface area (Å²) in [6.45, 7) is 3.19. The second-order valence-electron chi connectivity index (χ2n) is 6.70. The van der Waals surface area contributed by atoms with Gasteiger partial charge in [-0.2, -0.15) is 23.4 Å². The molecule has 130 valence electrons. The summed E-state index contributed by atoms with van der Waals surface area (Å²) < 4.78 is 41.9. The highest BCUT2D eigenvalue weighted by Crippen LogP contribution is 2.44. The van der Waals surface area contributed by atoms with Gasteiger partial charge in [-0.15, -0.1) is 0 Å². The Morgan fingerprint density at radius 1 is 1.20 bits per heavy atom. The van der Waals surface area contributed by atoms with Crippen molar-refractivity contribution in [3.63, 3.8) is 0 Å². The second-order valence-corrected chi connectivity index (χ2v) is 6.70. The zero-order valence-electron chi connectivity index (χ0n) is 13.7. The number of alkyl halides is 3. The minimum Gasteiger partial charge on any atom is -0.287 e. The number of fused-ring (bicyclic) bond motifs is 1. The number of halogens is 3.